The molecule has 4 rings (SSSR count). The summed E-state index contributed by atoms with van der Waals surface area (Å²) in [5, 5.41) is 11.2. The van der Waals surface area contributed by atoms with E-state index in [1.54, 1.807) is 20.8 Å². The zero-order chi connectivity index (χ0) is 22.0. The van der Waals surface area contributed by atoms with Crippen LogP contribution in [0.2, 0.25) is 0 Å². The van der Waals surface area contributed by atoms with Crippen molar-refractivity contribution in [3.8, 4) is 0 Å². The van der Waals surface area contributed by atoms with Gasteiger partial charge in [-0.25, -0.2) is 0 Å². The Morgan fingerprint density at radius 3 is 2.32 bits per heavy atom. The first-order chi connectivity index (χ1) is 14.8. The lowest BCUT2D eigenvalue weighted by Crippen LogP contribution is -2.62. The van der Waals surface area contributed by atoms with Crippen molar-refractivity contribution in [2.45, 2.75) is 61.8 Å². The molecule has 166 valence electrons. The Morgan fingerprint density at radius 1 is 1.03 bits per heavy atom. The Balaban J connectivity index is 1.57. The number of carbonyl (C=O) groups excluding carboxylic acids is 1. The van der Waals surface area contributed by atoms with Crippen molar-refractivity contribution >= 4 is 17.7 Å². The van der Waals surface area contributed by atoms with Crippen LogP contribution in [0.3, 0.4) is 0 Å². The molecule has 6 nitrogen and oxygen atoms in total. The molecule has 0 aromatic heterocycles. The fourth-order valence-electron chi connectivity index (χ4n) is 3.51. The molecule has 2 fully saturated rings. The van der Waals surface area contributed by atoms with Gasteiger partial charge >= 0.3 is 5.97 Å². The van der Waals surface area contributed by atoms with E-state index in [9.17, 15) is 9.90 Å². The molecule has 0 amide bonds. The van der Waals surface area contributed by atoms with Gasteiger partial charge in [-0.2, -0.15) is 0 Å². The third-order valence-electron chi connectivity index (χ3n) is 5.23. The van der Waals surface area contributed by atoms with Crippen LogP contribution in [0.5, 0.6) is 0 Å². The van der Waals surface area contributed by atoms with Crippen LogP contribution in [0.4, 0.5) is 0 Å². The van der Waals surface area contributed by atoms with Gasteiger partial charge in [-0.1, -0.05) is 60.3 Å². The fourth-order valence-corrected chi connectivity index (χ4v) is 4.58. The van der Waals surface area contributed by atoms with E-state index in [1.165, 1.54) is 11.8 Å². The van der Waals surface area contributed by atoms with Crippen molar-refractivity contribution in [3.05, 3.63) is 66.2 Å². The van der Waals surface area contributed by atoms with E-state index in [-0.39, 0.29) is 6.61 Å². The minimum atomic E-state index is -1.06. The second-order valence-electron chi connectivity index (χ2n) is 8.76. The van der Waals surface area contributed by atoms with E-state index in [0.717, 1.165) is 10.5 Å². The second kappa shape index (κ2) is 9.30. The van der Waals surface area contributed by atoms with E-state index in [4.69, 9.17) is 18.9 Å². The summed E-state index contributed by atoms with van der Waals surface area (Å²) in [6.45, 7) is 5.62. The van der Waals surface area contributed by atoms with Crippen LogP contribution in [-0.4, -0.2) is 47.5 Å². The monoisotopic (exact) mass is 444 g/mol. The average molecular weight is 445 g/mol. The lowest BCUT2D eigenvalue weighted by molar-refractivity contribution is -0.320. The highest BCUT2D eigenvalue weighted by Crippen LogP contribution is 2.40. The van der Waals surface area contributed by atoms with Gasteiger partial charge < -0.3 is 24.1 Å². The number of aliphatic hydroxyl groups excluding tert-OH is 1. The van der Waals surface area contributed by atoms with Gasteiger partial charge in [0.15, 0.2) is 12.4 Å². The van der Waals surface area contributed by atoms with E-state index >= 15 is 0 Å². The first kappa shape index (κ1) is 22.3. The Kier molecular flexibility index (Phi) is 6.69. The van der Waals surface area contributed by atoms with Crippen LogP contribution >= 0.6 is 11.8 Å². The van der Waals surface area contributed by atoms with Crippen LogP contribution < -0.4 is 0 Å². The van der Waals surface area contributed by atoms with Crippen molar-refractivity contribution in [3.63, 3.8) is 0 Å². The minimum Gasteiger partial charge on any atom is -0.456 e. The molecule has 0 bridgehead atoms. The largest absolute Gasteiger partial charge is 0.456 e. The maximum atomic E-state index is 12.7. The second-order valence-corrected chi connectivity index (χ2v) is 9.93. The quantitative estimate of drug-likeness (QED) is 0.716. The first-order valence-electron chi connectivity index (χ1n) is 10.4. The van der Waals surface area contributed by atoms with E-state index in [1.807, 2.05) is 60.7 Å². The molecular formula is C24H28O6S. The molecule has 0 aliphatic carbocycles. The summed E-state index contributed by atoms with van der Waals surface area (Å²) in [5.74, 6) is -0.396. The first-order valence-corrected chi connectivity index (χ1v) is 11.3. The minimum absolute atomic E-state index is 0.270. The van der Waals surface area contributed by atoms with E-state index in [2.05, 4.69) is 0 Å². The van der Waals surface area contributed by atoms with Crippen LogP contribution in [0, 0.1) is 5.41 Å². The molecule has 1 N–H and O–H groups in total. The summed E-state index contributed by atoms with van der Waals surface area (Å²) in [5.41, 5.74) is -0.474. The lowest BCUT2D eigenvalue weighted by atomic mass is 9.95. The Morgan fingerprint density at radius 2 is 1.68 bits per heavy atom. The van der Waals surface area contributed by atoms with Gasteiger partial charge in [-0.05, 0) is 32.9 Å². The summed E-state index contributed by atoms with van der Waals surface area (Å²) in [7, 11) is 0. The summed E-state index contributed by atoms with van der Waals surface area (Å²) in [6, 6.07) is 19.2. The molecule has 0 saturated carbocycles. The third-order valence-corrected chi connectivity index (χ3v) is 6.40. The Bertz CT molecular complexity index is 869. The van der Waals surface area contributed by atoms with Crippen LogP contribution in [0.25, 0.3) is 0 Å². The molecular weight excluding hydrogens is 416 g/mol. The average Bonchev–Trinajstić information content (AvgIpc) is 2.77. The number of hydrogen-bond donors (Lipinski definition) is 1. The number of ether oxygens (including phenoxy) is 4. The maximum absolute atomic E-state index is 12.7. The van der Waals surface area contributed by atoms with Gasteiger partial charge in [0.25, 0.3) is 0 Å². The zero-order valence-corrected chi connectivity index (χ0v) is 18.7. The maximum Gasteiger partial charge on any atom is 0.311 e. The highest BCUT2D eigenvalue weighted by atomic mass is 32.2. The SMILES string of the molecule is CC(C)(C)C(=O)O[C@@H]1[C@@H](O)[C@H](Sc2ccccc2)O[C@@H]2CO[C@H](c3ccccc3)O[C@H]12. The smallest absolute Gasteiger partial charge is 0.311 e. The van der Waals surface area contributed by atoms with Gasteiger partial charge in [0.05, 0.1) is 12.0 Å². The predicted molar refractivity (Wildman–Crippen MR) is 116 cm³/mol. The van der Waals surface area contributed by atoms with Crippen molar-refractivity contribution in [2.24, 2.45) is 5.41 Å². The van der Waals surface area contributed by atoms with Crippen LogP contribution in [-0.2, 0) is 23.7 Å². The lowest BCUT2D eigenvalue weighted by Gasteiger charge is -2.47. The summed E-state index contributed by atoms with van der Waals surface area (Å²) >= 11 is 1.39. The van der Waals surface area contributed by atoms with Crippen molar-refractivity contribution in [1.29, 1.82) is 0 Å². The fraction of sp³-hybridized carbons (Fsp3) is 0.458. The van der Waals surface area contributed by atoms with Crippen molar-refractivity contribution in [1.82, 2.24) is 0 Å². The molecule has 2 heterocycles. The highest BCUT2D eigenvalue weighted by molar-refractivity contribution is 7.99. The molecule has 2 saturated heterocycles. The molecule has 2 aliphatic heterocycles. The number of benzene rings is 2. The van der Waals surface area contributed by atoms with E-state index < -0.39 is 47.5 Å². The van der Waals surface area contributed by atoms with Gasteiger partial charge in [-0.3, -0.25) is 4.79 Å². The number of carbonyl (C=O) groups is 1. The zero-order valence-electron chi connectivity index (χ0n) is 17.8. The molecule has 2 aliphatic rings. The Labute approximate surface area is 186 Å². The normalized spacial score (nSPS) is 31.0. The van der Waals surface area contributed by atoms with Crippen molar-refractivity contribution in [2.75, 3.05) is 6.61 Å². The summed E-state index contributed by atoms with van der Waals surface area (Å²) < 4.78 is 24.1. The molecule has 0 unspecified atom stereocenters. The summed E-state index contributed by atoms with van der Waals surface area (Å²) in [4.78, 5) is 13.7. The topological polar surface area (TPSA) is 74.2 Å². The van der Waals surface area contributed by atoms with Gasteiger partial charge in [0, 0.05) is 10.5 Å². The number of hydrogen-bond acceptors (Lipinski definition) is 7. The number of fused-ring (bicyclic) bond motifs is 1. The van der Waals surface area contributed by atoms with Crippen LogP contribution in [0.15, 0.2) is 65.6 Å². The highest BCUT2D eigenvalue weighted by Gasteiger charge is 2.52. The predicted octanol–water partition coefficient (Wildman–Crippen LogP) is 3.94. The number of thioether (sulfide) groups is 1. The number of rotatable bonds is 4. The molecule has 31 heavy (non-hydrogen) atoms. The number of aliphatic hydroxyl groups is 1. The molecule has 0 radical (unpaired) electrons. The van der Waals surface area contributed by atoms with Gasteiger partial charge in [-0.15, -0.1) is 0 Å². The summed E-state index contributed by atoms with van der Waals surface area (Å²) in [6.07, 6.45) is -3.67. The molecule has 2 aromatic rings. The Hall–Kier alpha value is -1.90. The van der Waals surface area contributed by atoms with E-state index in [0.29, 0.717) is 0 Å². The molecule has 7 heteroatoms. The molecule has 0 spiro atoms. The van der Waals surface area contributed by atoms with Gasteiger partial charge in [0.2, 0.25) is 0 Å². The third kappa shape index (κ3) is 5.13. The van der Waals surface area contributed by atoms with Crippen LogP contribution in [0.1, 0.15) is 32.6 Å². The number of esters is 1. The standard InChI is InChI=1S/C24H28O6S/c1-24(2,3)23(26)30-20-18(25)22(31-16-12-8-5-9-13-16)28-17-14-27-21(29-19(17)20)15-10-6-4-7-11-15/h4-13,17-22,25H,14H2,1-3H3/t17-,18-,19+,20-,21+,22+/m1/s1. The van der Waals surface area contributed by atoms with Crippen molar-refractivity contribution < 1.29 is 28.8 Å². The van der Waals surface area contributed by atoms with Gasteiger partial charge in [0.1, 0.15) is 23.7 Å². The molecule has 2 aromatic carbocycles. The molecule has 6 atom stereocenters.